The van der Waals surface area contributed by atoms with E-state index in [0.29, 0.717) is 23.1 Å². The number of primary amides is 1. The number of hydrogen-bond donors (Lipinski definition) is 3. The topological polar surface area (TPSA) is 122 Å². The smallest absolute Gasteiger partial charge is 0.264 e. The summed E-state index contributed by atoms with van der Waals surface area (Å²) in [5.74, 6) is -0.996. The zero-order chi connectivity index (χ0) is 28.2. The van der Waals surface area contributed by atoms with Gasteiger partial charge in [-0.25, -0.2) is 18.1 Å². The number of carbonyl (C=O) groups excluding carboxylic acids is 2. The van der Waals surface area contributed by atoms with Gasteiger partial charge in [0, 0.05) is 23.4 Å². The molecule has 0 saturated carbocycles. The van der Waals surface area contributed by atoms with Gasteiger partial charge >= 0.3 is 0 Å². The van der Waals surface area contributed by atoms with Crippen LogP contribution in [0.4, 0.5) is 0 Å². The molecule has 1 aliphatic rings. The Bertz CT molecular complexity index is 1480. The number of hydrazine groups is 1. The molecule has 9 heteroatoms. The van der Waals surface area contributed by atoms with Crippen LogP contribution >= 0.6 is 0 Å². The number of nitrogens with zero attached hydrogens (tertiary/aromatic N) is 1. The van der Waals surface area contributed by atoms with Crippen molar-refractivity contribution in [3.8, 4) is 11.1 Å². The monoisotopic (exact) mass is 546 g/mol. The SMILES string of the molecule is CCCN1NC(C(C)C)=C(C(N)=O)C1Cc1ccc(-c2ccccc2S(=O)(=O)NC(=O)c2ccccc2)cc1. The maximum atomic E-state index is 13.2. The highest BCUT2D eigenvalue weighted by Crippen LogP contribution is 2.31. The van der Waals surface area contributed by atoms with E-state index in [1.165, 1.54) is 6.07 Å². The number of allylic oxidation sites excluding steroid dienone is 1. The van der Waals surface area contributed by atoms with Crippen LogP contribution in [0.15, 0.2) is 95.0 Å². The molecule has 204 valence electrons. The van der Waals surface area contributed by atoms with Crippen molar-refractivity contribution in [1.82, 2.24) is 15.2 Å². The molecule has 1 unspecified atom stereocenters. The van der Waals surface area contributed by atoms with Crippen LogP contribution in [0.2, 0.25) is 0 Å². The number of benzene rings is 3. The van der Waals surface area contributed by atoms with Crippen LogP contribution in [0.5, 0.6) is 0 Å². The minimum atomic E-state index is -4.13. The third kappa shape index (κ3) is 6.21. The first-order valence-electron chi connectivity index (χ1n) is 13.0. The molecule has 39 heavy (non-hydrogen) atoms. The Balaban J connectivity index is 1.60. The van der Waals surface area contributed by atoms with Gasteiger partial charge in [0.1, 0.15) is 0 Å². The molecule has 1 atom stereocenters. The maximum Gasteiger partial charge on any atom is 0.264 e. The molecule has 0 bridgehead atoms. The van der Waals surface area contributed by atoms with Crippen LogP contribution < -0.4 is 15.9 Å². The predicted molar refractivity (Wildman–Crippen MR) is 152 cm³/mol. The molecule has 0 saturated heterocycles. The van der Waals surface area contributed by atoms with Crippen molar-refractivity contribution in [3.63, 3.8) is 0 Å². The van der Waals surface area contributed by atoms with Crippen molar-refractivity contribution >= 4 is 21.8 Å². The molecule has 0 fully saturated rings. The first-order chi connectivity index (χ1) is 18.6. The first-order valence-corrected chi connectivity index (χ1v) is 14.5. The molecular weight excluding hydrogens is 512 g/mol. The Labute approximate surface area is 229 Å². The number of nitrogens with two attached hydrogens (primary N) is 1. The quantitative estimate of drug-likeness (QED) is 0.353. The Kier molecular flexibility index (Phi) is 8.52. The van der Waals surface area contributed by atoms with Crippen LogP contribution in [-0.2, 0) is 21.2 Å². The highest BCUT2D eigenvalue weighted by Gasteiger charge is 2.36. The molecule has 3 aromatic rings. The molecule has 3 aromatic carbocycles. The number of amides is 2. The van der Waals surface area contributed by atoms with Gasteiger partial charge in [-0.05, 0) is 48.1 Å². The van der Waals surface area contributed by atoms with E-state index in [9.17, 15) is 18.0 Å². The van der Waals surface area contributed by atoms with Gasteiger partial charge in [-0.3, -0.25) is 9.59 Å². The van der Waals surface area contributed by atoms with E-state index in [0.717, 1.165) is 24.2 Å². The lowest BCUT2D eigenvalue weighted by Crippen LogP contribution is -2.42. The van der Waals surface area contributed by atoms with E-state index in [1.807, 2.05) is 38.1 Å². The fraction of sp³-hybridized carbons (Fsp3) is 0.267. The van der Waals surface area contributed by atoms with Gasteiger partial charge in [-0.1, -0.05) is 81.4 Å². The zero-order valence-corrected chi connectivity index (χ0v) is 23.2. The molecule has 0 aromatic heterocycles. The summed E-state index contributed by atoms with van der Waals surface area (Å²) >= 11 is 0. The van der Waals surface area contributed by atoms with Crippen LogP contribution in [-0.4, -0.2) is 37.8 Å². The summed E-state index contributed by atoms with van der Waals surface area (Å²) < 4.78 is 28.6. The van der Waals surface area contributed by atoms with E-state index in [4.69, 9.17) is 5.73 Å². The molecule has 8 nitrogen and oxygen atoms in total. The average Bonchev–Trinajstić information content (AvgIpc) is 3.28. The molecule has 1 heterocycles. The summed E-state index contributed by atoms with van der Waals surface area (Å²) in [7, 11) is -4.13. The fourth-order valence-corrected chi connectivity index (χ4v) is 6.04. The second-order valence-corrected chi connectivity index (χ2v) is 11.5. The zero-order valence-electron chi connectivity index (χ0n) is 22.3. The van der Waals surface area contributed by atoms with Crippen molar-refractivity contribution in [2.24, 2.45) is 11.7 Å². The van der Waals surface area contributed by atoms with E-state index >= 15 is 0 Å². The number of hydrogen-bond acceptors (Lipinski definition) is 6. The second-order valence-electron chi connectivity index (χ2n) is 9.87. The molecule has 0 radical (unpaired) electrons. The molecule has 1 aliphatic heterocycles. The lowest BCUT2D eigenvalue weighted by Gasteiger charge is -2.26. The highest BCUT2D eigenvalue weighted by molar-refractivity contribution is 7.90. The standard InChI is InChI=1S/C30H34N4O4S/c1-4-18-34-25(27(29(31)35)28(32-34)20(2)3)19-21-14-16-22(17-15-21)24-12-8-9-13-26(24)39(37,38)33-30(36)23-10-6-5-7-11-23/h5-17,20,25,32H,4,18-19H2,1-3H3,(H2,31,35)(H,33,36). The molecule has 0 aliphatic carbocycles. The second kappa shape index (κ2) is 11.8. The summed E-state index contributed by atoms with van der Waals surface area (Å²) in [6.45, 7) is 6.90. The number of rotatable bonds is 10. The summed E-state index contributed by atoms with van der Waals surface area (Å²) in [6.07, 6.45) is 1.47. The van der Waals surface area contributed by atoms with Crippen LogP contribution in [0.25, 0.3) is 11.1 Å². The number of sulfonamides is 1. The van der Waals surface area contributed by atoms with Gasteiger partial charge in [0.05, 0.1) is 16.5 Å². The molecule has 4 N–H and O–H groups in total. The third-order valence-electron chi connectivity index (χ3n) is 6.70. The normalized spacial score (nSPS) is 15.8. The number of carbonyl (C=O) groups is 2. The lowest BCUT2D eigenvalue weighted by atomic mass is 9.94. The van der Waals surface area contributed by atoms with Crippen molar-refractivity contribution in [3.05, 3.63) is 101 Å². The fourth-order valence-electron chi connectivity index (χ4n) is 4.84. The van der Waals surface area contributed by atoms with E-state index in [-0.39, 0.29) is 22.4 Å². The Hall–Kier alpha value is -3.95. The summed E-state index contributed by atoms with van der Waals surface area (Å²) in [6, 6.07) is 22.1. The average molecular weight is 547 g/mol. The van der Waals surface area contributed by atoms with Gasteiger partial charge in [0.25, 0.3) is 15.9 Å². The third-order valence-corrected chi connectivity index (χ3v) is 8.09. The Morgan fingerprint density at radius 1 is 0.974 bits per heavy atom. The number of nitrogens with one attached hydrogen (secondary N) is 2. The van der Waals surface area contributed by atoms with Crippen LogP contribution in [0, 0.1) is 5.92 Å². The Morgan fingerprint density at radius 2 is 1.62 bits per heavy atom. The lowest BCUT2D eigenvalue weighted by molar-refractivity contribution is -0.115. The minimum absolute atomic E-state index is 0.0108. The minimum Gasteiger partial charge on any atom is -0.366 e. The Morgan fingerprint density at radius 3 is 2.23 bits per heavy atom. The van der Waals surface area contributed by atoms with Crippen molar-refractivity contribution < 1.29 is 18.0 Å². The summed E-state index contributed by atoms with van der Waals surface area (Å²) in [4.78, 5) is 25.0. The van der Waals surface area contributed by atoms with Gasteiger partial charge in [0.15, 0.2) is 0 Å². The van der Waals surface area contributed by atoms with Crippen molar-refractivity contribution in [2.75, 3.05) is 6.54 Å². The van der Waals surface area contributed by atoms with Crippen molar-refractivity contribution in [2.45, 2.75) is 44.6 Å². The molecule has 0 spiro atoms. The molecular formula is C30H34N4O4S. The first kappa shape index (κ1) is 28.1. The maximum absolute atomic E-state index is 13.2. The van der Waals surface area contributed by atoms with E-state index in [1.54, 1.807) is 48.5 Å². The van der Waals surface area contributed by atoms with E-state index < -0.39 is 21.8 Å². The summed E-state index contributed by atoms with van der Waals surface area (Å²) in [5.41, 5.74) is 13.1. The van der Waals surface area contributed by atoms with E-state index in [2.05, 4.69) is 22.1 Å². The van der Waals surface area contributed by atoms with Gasteiger partial charge in [-0.2, -0.15) is 0 Å². The predicted octanol–water partition coefficient (Wildman–Crippen LogP) is 4.01. The molecule has 4 rings (SSSR count). The van der Waals surface area contributed by atoms with Crippen molar-refractivity contribution in [1.29, 1.82) is 0 Å². The molecule has 2 amide bonds. The van der Waals surface area contributed by atoms with Crippen LogP contribution in [0.3, 0.4) is 0 Å². The highest BCUT2D eigenvalue weighted by atomic mass is 32.2. The van der Waals surface area contributed by atoms with Gasteiger partial charge in [0.2, 0.25) is 5.91 Å². The summed E-state index contributed by atoms with van der Waals surface area (Å²) in [5, 5.41) is 2.07. The largest absolute Gasteiger partial charge is 0.366 e. The van der Waals surface area contributed by atoms with Gasteiger partial charge in [-0.15, -0.1) is 0 Å². The van der Waals surface area contributed by atoms with Crippen LogP contribution in [0.1, 0.15) is 43.1 Å². The van der Waals surface area contributed by atoms with Gasteiger partial charge < -0.3 is 11.2 Å².